The maximum Gasteiger partial charge on any atom is 0.163 e. The van der Waals surface area contributed by atoms with E-state index in [0.717, 1.165) is 5.56 Å². The minimum Gasteiger partial charge on any atom is -0.508 e. The average Bonchev–Trinajstić information content (AvgIpc) is 2.56. The SMILES string of the molecule is O=C(C=Cc1ccc(O)cc1)CC(=O)C=Cc1cc(O)c(Br)cc1Br. The smallest absolute Gasteiger partial charge is 0.163 e. The number of allylic oxidation sites excluding steroid dienone is 2. The molecule has 0 bridgehead atoms. The number of aromatic hydroxyl groups is 2. The molecule has 6 heteroatoms. The number of benzene rings is 2. The summed E-state index contributed by atoms with van der Waals surface area (Å²) in [5.41, 5.74) is 1.38. The van der Waals surface area contributed by atoms with Crippen LogP contribution in [0.2, 0.25) is 0 Å². The van der Waals surface area contributed by atoms with Gasteiger partial charge >= 0.3 is 0 Å². The van der Waals surface area contributed by atoms with E-state index in [4.69, 9.17) is 0 Å². The van der Waals surface area contributed by atoms with Crippen molar-refractivity contribution < 1.29 is 19.8 Å². The minimum atomic E-state index is -0.338. The van der Waals surface area contributed by atoms with Gasteiger partial charge in [0.1, 0.15) is 11.5 Å². The molecule has 2 rings (SSSR count). The summed E-state index contributed by atoms with van der Waals surface area (Å²) in [6, 6.07) is 9.54. The number of hydrogen-bond acceptors (Lipinski definition) is 4. The largest absolute Gasteiger partial charge is 0.508 e. The molecule has 0 amide bonds. The summed E-state index contributed by atoms with van der Waals surface area (Å²) in [5, 5.41) is 18.9. The van der Waals surface area contributed by atoms with Gasteiger partial charge in [-0.25, -0.2) is 0 Å². The molecular weight excluding hydrogens is 452 g/mol. The van der Waals surface area contributed by atoms with Crippen LogP contribution in [0.3, 0.4) is 0 Å². The van der Waals surface area contributed by atoms with E-state index in [2.05, 4.69) is 31.9 Å². The monoisotopic (exact) mass is 464 g/mol. The summed E-state index contributed by atoms with van der Waals surface area (Å²) >= 11 is 6.53. The van der Waals surface area contributed by atoms with Gasteiger partial charge in [-0.1, -0.05) is 40.2 Å². The summed E-state index contributed by atoms with van der Waals surface area (Å²) < 4.78 is 1.25. The topological polar surface area (TPSA) is 74.6 Å². The number of rotatable bonds is 6. The van der Waals surface area contributed by atoms with Crippen molar-refractivity contribution in [3.05, 3.63) is 68.6 Å². The first kappa shape index (κ1) is 19.1. The van der Waals surface area contributed by atoms with Crippen LogP contribution < -0.4 is 0 Å². The van der Waals surface area contributed by atoms with Gasteiger partial charge in [0, 0.05) is 4.47 Å². The third kappa shape index (κ3) is 5.99. The molecule has 0 aromatic heterocycles. The number of ketones is 2. The quantitative estimate of drug-likeness (QED) is 0.471. The molecule has 0 heterocycles. The Bertz CT molecular complexity index is 852. The van der Waals surface area contributed by atoms with Gasteiger partial charge in [-0.15, -0.1) is 0 Å². The molecule has 0 aliphatic carbocycles. The number of hydrogen-bond donors (Lipinski definition) is 2. The second-order valence-corrected chi connectivity index (χ2v) is 6.90. The lowest BCUT2D eigenvalue weighted by molar-refractivity contribution is -0.121. The lowest BCUT2D eigenvalue weighted by atomic mass is 10.1. The Morgan fingerprint density at radius 1 is 0.880 bits per heavy atom. The number of carbonyl (C=O) groups excluding carboxylic acids is 2. The zero-order chi connectivity index (χ0) is 18.4. The van der Waals surface area contributed by atoms with Crippen molar-refractivity contribution in [2.45, 2.75) is 6.42 Å². The fourth-order valence-corrected chi connectivity index (χ4v) is 3.05. The van der Waals surface area contributed by atoms with Gasteiger partial charge in [0.25, 0.3) is 0 Å². The van der Waals surface area contributed by atoms with Crippen molar-refractivity contribution in [2.75, 3.05) is 0 Å². The van der Waals surface area contributed by atoms with E-state index in [1.165, 1.54) is 36.4 Å². The molecule has 0 atom stereocenters. The summed E-state index contributed by atoms with van der Waals surface area (Å²) in [6.45, 7) is 0. The molecule has 0 spiro atoms. The van der Waals surface area contributed by atoms with Crippen LogP contribution in [0.1, 0.15) is 17.5 Å². The Hall–Kier alpha value is -2.18. The molecule has 25 heavy (non-hydrogen) atoms. The fourth-order valence-electron chi connectivity index (χ4n) is 1.93. The number of carbonyl (C=O) groups is 2. The van der Waals surface area contributed by atoms with Crippen molar-refractivity contribution in [1.82, 2.24) is 0 Å². The molecule has 0 saturated heterocycles. The van der Waals surface area contributed by atoms with E-state index in [-0.39, 0.29) is 29.5 Å². The first-order valence-corrected chi connectivity index (χ1v) is 8.82. The van der Waals surface area contributed by atoms with Crippen LogP contribution in [0.15, 0.2) is 57.5 Å². The van der Waals surface area contributed by atoms with Crippen molar-refractivity contribution in [1.29, 1.82) is 0 Å². The van der Waals surface area contributed by atoms with Crippen LogP contribution in [-0.2, 0) is 9.59 Å². The van der Waals surface area contributed by atoms with Crippen molar-refractivity contribution in [2.24, 2.45) is 0 Å². The number of phenols is 2. The predicted molar refractivity (Wildman–Crippen MR) is 104 cm³/mol. The van der Waals surface area contributed by atoms with Crippen LogP contribution in [0, 0.1) is 0 Å². The van der Waals surface area contributed by atoms with Crippen molar-refractivity contribution in [3.63, 3.8) is 0 Å². The molecule has 0 radical (unpaired) electrons. The highest BCUT2D eigenvalue weighted by Gasteiger charge is 2.06. The second-order valence-electron chi connectivity index (χ2n) is 5.19. The van der Waals surface area contributed by atoms with Crippen LogP contribution in [0.25, 0.3) is 12.2 Å². The van der Waals surface area contributed by atoms with Gasteiger partial charge in [-0.2, -0.15) is 0 Å². The minimum absolute atomic E-state index is 0.0585. The Morgan fingerprint density at radius 3 is 2.12 bits per heavy atom. The van der Waals surface area contributed by atoms with E-state index in [9.17, 15) is 19.8 Å². The Labute approximate surface area is 161 Å². The molecule has 0 saturated carbocycles. The Balaban J connectivity index is 1.96. The molecule has 0 aliphatic rings. The van der Waals surface area contributed by atoms with Crippen LogP contribution in [-0.4, -0.2) is 21.8 Å². The third-order valence-electron chi connectivity index (χ3n) is 3.22. The number of halogens is 2. The lowest BCUT2D eigenvalue weighted by Crippen LogP contribution is -2.01. The molecule has 0 fully saturated rings. The second kappa shape index (κ2) is 8.78. The maximum absolute atomic E-state index is 11.9. The summed E-state index contributed by atoms with van der Waals surface area (Å²) in [6.07, 6.45) is 5.52. The van der Waals surface area contributed by atoms with Crippen LogP contribution >= 0.6 is 31.9 Å². The van der Waals surface area contributed by atoms with Crippen molar-refractivity contribution in [3.8, 4) is 11.5 Å². The van der Waals surface area contributed by atoms with Gasteiger partial charge in [-0.05, 0) is 63.5 Å². The molecule has 0 unspecified atom stereocenters. The van der Waals surface area contributed by atoms with E-state index in [1.807, 2.05) is 0 Å². The van der Waals surface area contributed by atoms with Gasteiger partial charge in [-0.3, -0.25) is 9.59 Å². The molecule has 2 N–H and O–H groups in total. The number of phenolic OH excluding ortho intramolecular Hbond substituents is 2. The predicted octanol–water partition coefficient (Wildman–Crippen LogP) is 4.88. The van der Waals surface area contributed by atoms with Gasteiger partial charge in [0.15, 0.2) is 11.6 Å². The molecule has 0 aliphatic heterocycles. The van der Waals surface area contributed by atoms with E-state index in [0.29, 0.717) is 14.5 Å². The average molecular weight is 466 g/mol. The van der Waals surface area contributed by atoms with E-state index >= 15 is 0 Å². The van der Waals surface area contributed by atoms with Gasteiger partial charge in [0.2, 0.25) is 0 Å². The molecule has 2 aromatic carbocycles. The molecule has 128 valence electrons. The normalized spacial score (nSPS) is 11.3. The first-order valence-electron chi connectivity index (χ1n) is 7.24. The van der Waals surface area contributed by atoms with Crippen LogP contribution in [0.4, 0.5) is 0 Å². The van der Waals surface area contributed by atoms with Crippen molar-refractivity contribution >= 4 is 55.6 Å². The van der Waals surface area contributed by atoms with E-state index in [1.54, 1.807) is 24.3 Å². The lowest BCUT2D eigenvalue weighted by Gasteiger charge is -2.02. The van der Waals surface area contributed by atoms with Crippen LogP contribution in [0.5, 0.6) is 11.5 Å². The molecule has 2 aromatic rings. The highest BCUT2D eigenvalue weighted by molar-refractivity contribution is 9.11. The zero-order valence-corrected chi connectivity index (χ0v) is 16.1. The first-order chi connectivity index (χ1) is 11.8. The highest BCUT2D eigenvalue weighted by Crippen LogP contribution is 2.31. The summed E-state index contributed by atoms with van der Waals surface area (Å²) in [4.78, 5) is 23.7. The fraction of sp³-hybridized carbons (Fsp3) is 0.0526. The zero-order valence-electron chi connectivity index (χ0n) is 12.9. The van der Waals surface area contributed by atoms with Gasteiger partial charge < -0.3 is 10.2 Å². The highest BCUT2D eigenvalue weighted by atomic mass is 79.9. The molecular formula is C19H14Br2O4. The third-order valence-corrected chi connectivity index (χ3v) is 4.54. The maximum atomic E-state index is 11.9. The standard InChI is InChI=1S/C19H14Br2O4/c20-17-11-18(21)19(25)9-13(17)4-8-16(24)10-15(23)7-3-12-1-5-14(22)6-2-12/h1-9,11,22,25H,10H2. The van der Waals surface area contributed by atoms with E-state index < -0.39 is 0 Å². The Morgan fingerprint density at radius 2 is 1.48 bits per heavy atom. The summed E-state index contributed by atoms with van der Waals surface area (Å²) in [7, 11) is 0. The van der Waals surface area contributed by atoms with Gasteiger partial charge in [0.05, 0.1) is 10.9 Å². The Kier molecular flexibility index (Phi) is 6.73. The summed E-state index contributed by atoms with van der Waals surface area (Å²) in [5.74, 6) is -0.452. The molecule has 4 nitrogen and oxygen atoms in total.